The maximum absolute atomic E-state index is 6.56. The van der Waals surface area contributed by atoms with Gasteiger partial charge >= 0.3 is 0 Å². The van der Waals surface area contributed by atoms with Crippen LogP contribution in [0.1, 0.15) is 22.3 Å². The molecule has 0 bridgehead atoms. The van der Waals surface area contributed by atoms with Crippen molar-refractivity contribution in [2.45, 2.75) is 5.41 Å². The molecule has 1 aliphatic carbocycles. The Morgan fingerprint density at radius 3 is 1.78 bits per heavy atom. The van der Waals surface area contributed by atoms with E-state index in [9.17, 15) is 0 Å². The van der Waals surface area contributed by atoms with Gasteiger partial charge in [0.15, 0.2) is 0 Å². The molecule has 13 rings (SSSR count). The van der Waals surface area contributed by atoms with Crippen LogP contribution in [-0.2, 0) is 5.41 Å². The van der Waals surface area contributed by atoms with Crippen molar-refractivity contribution < 1.29 is 4.42 Å². The smallest absolute Gasteiger partial charge is 0.143 e. The van der Waals surface area contributed by atoms with Crippen molar-refractivity contribution in [1.82, 2.24) is 0 Å². The first-order chi connectivity index (χ1) is 31.7. The topological polar surface area (TPSA) is 16.4 Å². The number of nitrogens with zero attached hydrogens (tertiary/aromatic N) is 1. The van der Waals surface area contributed by atoms with Crippen LogP contribution in [0.3, 0.4) is 0 Å². The van der Waals surface area contributed by atoms with Gasteiger partial charge in [-0.1, -0.05) is 182 Å². The largest absolute Gasteiger partial charge is 0.455 e. The maximum Gasteiger partial charge on any atom is 0.143 e. The number of fused-ring (bicyclic) bond motifs is 9. The van der Waals surface area contributed by atoms with E-state index in [2.05, 4.69) is 241 Å². The van der Waals surface area contributed by atoms with Crippen LogP contribution in [0.2, 0.25) is 0 Å². The summed E-state index contributed by atoms with van der Waals surface area (Å²) in [5.41, 5.74) is 16.8. The van der Waals surface area contributed by atoms with Crippen LogP contribution in [-0.4, -0.2) is 0 Å². The standard InChI is InChI=1S/C61H39NOS/c1-4-16-41(17-5-1)47-24-14-25-49-51-38-42(32-36-56(51)63-60(47)49)40-30-33-45(34-31-40)62(46-35-37-58-52(39-46)48-22-11-13-29-57(48)64-58)55-28-15-27-54-59(55)50-23-10-12-26-53(50)61(54,43-18-6-2-7-19-43)44-20-8-3-9-21-44/h1-39H. The van der Waals surface area contributed by atoms with Crippen molar-refractivity contribution in [3.8, 4) is 33.4 Å². The highest BCUT2D eigenvalue weighted by Gasteiger charge is 2.47. The molecule has 0 atom stereocenters. The molecule has 12 aromatic rings. The average Bonchev–Trinajstić information content (AvgIpc) is 4.03. The van der Waals surface area contributed by atoms with Gasteiger partial charge in [-0.05, 0) is 99.1 Å². The molecule has 10 aromatic carbocycles. The van der Waals surface area contributed by atoms with Crippen LogP contribution in [0.4, 0.5) is 17.1 Å². The molecule has 64 heavy (non-hydrogen) atoms. The van der Waals surface area contributed by atoms with Crippen molar-refractivity contribution in [2.75, 3.05) is 4.90 Å². The third kappa shape index (κ3) is 5.51. The van der Waals surface area contributed by atoms with Crippen molar-refractivity contribution in [1.29, 1.82) is 0 Å². The highest BCUT2D eigenvalue weighted by atomic mass is 32.1. The number of benzene rings is 10. The fraction of sp³-hybridized carbons (Fsp3) is 0.0164. The molecule has 0 saturated heterocycles. The summed E-state index contributed by atoms with van der Waals surface area (Å²) in [6.45, 7) is 0. The molecule has 0 radical (unpaired) electrons. The van der Waals surface area contributed by atoms with Gasteiger partial charge in [0.25, 0.3) is 0 Å². The van der Waals surface area contributed by atoms with Gasteiger partial charge < -0.3 is 9.32 Å². The van der Waals surface area contributed by atoms with Crippen molar-refractivity contribution >= 4 is 70.5 Å². The molecule has 0 aliphatic heterocycles. The van der Waals surface area contributed by atoms with Gasteiger partial charge in [-0.3, -0.25) is 0 Å². The molecular formula is C61H39NOS. The quantitative estimate of drug-likeness (QED) is 0.159. The number of furan rings is 1. The number of rotatable bonds is 7. The molecule has 2 nitrogen and oxygen atoms in total. The second-order valence-corrected chi connectivity index (χ2v) is 17.8. The van der Waals surface area contributed by atoms with Gasteiger partial charge in [0, 0.05) is 53.4 Å². The zero-order valence-electron chi connectivity index (χ0n) is 34.8. The second kappa shape index (κ2) is 14.6. The minimum absolute atomic E-state index is 0.509. The number of thiophene rings is 1. The number of hydrogen-bond acceptors (Lipinski definition) is 3. The Labute approximate surface area is 375 Å². The molecule has 0 saturated carbocycles. The fourth-order valence-corrected chi connectivity index (χ4v) is 11.7. The molecular weight excluding hydrogens is 795 g/mol. The van der Waals surface area contributed by atoms with Crippen molar-refractivity contribution in [2.24, 2.45) is 0 Å². The van der Waals surface area contributed by atoms with Crippen molar-refractivity contribution in [3.63, 3.8) is 0 Å². The first-order valence-electron chi connectivity index (χ1n) is 21.9. The summed E-state index contributed by atoms with van der Waals surface area (Å²) >= 11 is 1.86. The van der Waals surface area contributed by atoms with Gasteiger partial charge in [-0.25, -0.2) is 0 Å². The lowest BCUT2D eigenvalue weighted by molar-refractivity contribution is 0.670. The summed E-state index contributed by atoms with van der Waals surface area (Å²) in [4.78, 5) is 2.48. The predicted octanol–water partition coefficient (Wildman–Crippen LogP) is 17.1. The monoisotopic (exact) mass is 833 g/mol. The van der Waals surface area contributed by atoms with E-state index >= 15 is 0 Å². The SMILES string of the molecule is c1ccc(-c2cccc3c2oc2ccc(-c4ccc(N(c5ccc6sc7ccccc7c6c5)c5cccc6c5-c5ccccc5C6(c5ccccc5)c5ccccc5)cc4)cc23)cc1. The van der Waals surface area contributed by atoms with E-state index < -0.39 is 5.41 Å². The Morgan fingerprint density at radius 2 is 0.984 bits per heavy atom. The number of hydrogen-bond donors (Lipinski definition) is 0. The first-order valence-corrected chi connectivity index (χ1v) is 22.7. The summed E-state index contributed by atoms with van der Waals surface area (Å²) in [7, 11) is 0. The molecule has 0 N–H and O–H groups in total. The molecule has 0 spiro atoms. The molecule has 0 amide bonds. The van der Waals surface area contributed by atoms with E-state index in [0.717, 1.165) is 61.3 Å². The molecule has 2 heterocycles. The lowest BCUT2D eigenvalue weighted by atomic mass is 9.68. The third-order valence-corrected chi connectivity index (χ3v) is 14.5. The van der Waals surface area contributed by atoms with E-state index in [1.54, 1.807) is 0 Å². The van der Waals surface area contributed by atoms with Crippen LogP contribution in [0.5, 0.6) is 0 Å². The molecule has 1 aliphatic rings. The fourth-order valence-electron chi connectivity index (χ4n) is 10.6. The number of anilines is 3. The Morgan fingerprint density at radius 1 is 0.375 bits per heavy atom. The van der Waals surface area contributed by atoms with Gasteiger partial charge in [0.1, 0.15) is 11.2 Å². The predicted molar refractivity (Wildman–Crippen MR) is 269 cm³/mol. The summed E-state index contributed by atoms with van der Waals surface area (Å²) in [5, 5.41) is 4.80. The Bertz CT molecular complexity index is 3680. The second-order valence-electron chi connectivity index (χ2n) is 16.7. The molecule has 0 unspecified atom stereocenters. The average molecular weight is 834 g/mol. The van der Waals surface area contributed by atoms with Crippen LogP contribution in [0, 0.1) is 0 Å². The molecule has 0 fully saturated rings. The van der Waals surface area contributed by atoms with E-state index in [1.807, 2.05) is 11.3 Å². The minimum Gasteiger partial charge on any atom is -0.455 e. The normalized spacial score (nSPS) is 12.8. The molecule has 300 valence electrons. The highest BCUT2D eigenvalue weighted by molar-refractivity contribution is 7.25. The van der Waals surface area contributed by atoms with E-state index in [1.165, 1.54) is 53.6 Å². The van der Waals surface area contributed by atoms with Crippen LogP contribution in [0.25, 0.3) is 75.5 Å². The van der Waals surface area contributed by atoms with E-state index in [4.69, 9.17) is 4.42 Å². The van der Waals surface area contributed by atoms with Gasteiger partial charge in [0.2, 0.25) is 0 Å². The van der Waals surface area contributed by atoms with Crippen molar-refractivity contribution in [3.05, 3.63) is 259 Å². The molecule has 3 heteroatoms. The van der Waals surface area contributed by atoms with Gasteiger partial charge in [0.05, 0.1) is 11.1 Å². The minimum atomic E-state index is -0.509. The lowest BCUT2D eigenvalue weighted by Gasteiger charge is -2.34. The molecule has 2 aromatic heterocycles. The van der Waals surface area contributed by atoms with Crippen LogP contribution in [0.15, 0.2) is 241 Å². The van der Waals surface area contributed by atoms with E-state index in [-0.39, 0.29) is 0 Å². The van der Waals surface area contributed by atoms with Crippen LogP contribution >= 0.6 is 11.3 Å². The maximum atomic E-state index is 6.56. The van der Waals surface area contributed by atoms with Gasteiger partial charge in [-0.15, -0.1) is 11.3 Å². The summed E-state index contributed by atoms with van der Waals surface area (Å²) < 4.78 is 9.14. The summed E-state index contributed by atoms with van der Waals surface area (Å²) in [5.74, 6) is 0. The zero-order chi connectivity index (χ0) is 42.2. The Kier molecular flexibility index (Phi) is 8.34. The lowest BCUT2D eigenvalue weighted by Crippen LogP contribution is -2.28. The first kappa shape index (κ1) is 36.7. The number of para-hydroxylation sites is 1. The van der Waals surface area contributed by atoms with E-state index in [0.29, 0.717) is 0 Å². The third-order valence-electron chi connectivity index (χ3n) is 13.4. The zero-order valence-corrected chi connectivity index (χ0v) is 35.6. The summed E-state index contributed by atoms with van der Waals surface area (Å²) in [6, 6.07) is 86.5. The van der Waals surface area contributed by atoms with Crippen LogP contribution < -0.4 is 4.90 Å². The summed E-state index contributed by atoms with van der Waals surface area (Å²) in [6.07, 6.45) is 0. The van der Waals surface area contributed by atoms with Gasteiger partial charge in [-0.2, -0.15) is 0 Å². The highest BCUT2D eigenvalue weighted by Crippen LogP contribution is 2.59. The Balaban J connectivity index is 1.01. The Hall–Kier alpha value is -7.98.